The third-order valence-electron chi connectivity index (χ3n) is 13.0. The zero-order chi connectivity index (χ0) is 56.9. The van der Waals surface area contributed by atoms with Gasteiger partial charge in [0.1, 0.15) is 12.7 Å². The van der Waals surface area contributed by atoms with Crippen molar-refractivity contribution in [2.75, 3.05) is 26.4 Å². The fourth-order valence-electron chi connectivity index (χ4n) is 8.23. The molecule has 78 heavy (non-hydrogen) atoms. The fraction of sp³-hybridized carbons (Fsp3) is 0.712. The van der Waals surface area contributed by atoms with E-state index in [1.165, 1.54) is 83.5 Å². The van der Waals surface area contributed by atoms with Crippen molar-refractivity contribution in [2.45, 2.75) is 277 Å². The van der Waals surface area contributed by atoms with Crippen LogP contribution in [-0.4, -0.2) is 66.5 Å². The smallest absolute Gasteiger partial charge is 0.462 e. The molecule has 0 amide bonds. The number of phosphoric acid groups is 1. The van der Waals surface area contributed by atoms with E-state index in [0.29, 0.717) is 19.3 Å². The Morgan fingerprint density at radius 1 is 0.372 bits per heavy atom. The molecule has 0 bridgehead atoms. The number of unbranched alkanes of at least 4 members (excludes halogenated alkanes) is 24. The van der Waals surface area contributed by atoms with Crippen LogP contribution in [0, 0.1) is 0 Å². The summed E-state index contributed by atoms with van der Waals surface area (Å²) in [5, 5.41) is 9.85. The van der Waals surface area contributed by atoms with E-state index in [1.807, 2.05) is 0 Å². The molecule has 0 radical (unpaired) electrons. The van der Waals surface area contributed by atoms with Crippen LogP contribution in [-0.2, 0) is 42.2 Å². The highest BCUT2D eigenvalue weighted by atomic mass is 31.2. The van der Waals surface area contributed by atoms with Gasteiger partial charge in [0.2, 0.25) is 0 Å². The second-order valence-corrected chi connectivity index (χ2v) is 21.9. The highest BCUT2D eigenvalue weighted by Crippen LogP contribution is 2.43. The van der Waals surface area contributed by atoms with Crippen molar-refractivity contribution in [2.24, 2.45) is 0 Å². The van der Waals surface area contributed by atoms with Crippen LogP contribution in [0.5, 0.6) is 0 Å². The van der Waals surface area contributed by atoms with Crippen LogP contribution in [0.2, 0.25) is 0 Å². The van der Waals surface area contributed by atoms with Gasteiger partial charge in [-0.2, -0.15) is 0 Å². The molecule has 0 aromatic carbocycles. The van der Waals surface area contributed by atoms with Crippen molar-refractivity contribution >= 4 is 25.7 Å². The third kappa shape index (κ3) is 57.1. The largest absolute Gasteiger partial charge is 0.472 e. The molecule has 0 heterocycles. The summed E-state index contributed by atoms with van der Waals surface area (Å²) in [5.74, 6) is -1.52. The number of esters is 3. The molecule has 0 saturated heterocycles. The molecule has 0 aromatic heterocycles. The number of aliphatic hydroxyl groups is 1. The number of hydrogen-bond donors (Lipinski definition) is 2. The van der Waals surface area contributed by atoms with Gasteiger partial charge in [0.25, 0.3) is 0 Å². The summed E-state index contributed by atoms with van der Waals surface area (Å²) in [6, 6.07) is 0. The maximum atomic E-state index is 12.9. The highest BCUT2D eigenvalue weighted by molar-refractivity contribution is 7.47. The van der Waals surface area contributed by atoms with Crippen molar-refractivity contribution in [1.29, 1.82) is 0 Å². The Morgan fingerprint density at radius 2 is 0.667 bits per heavy atom. The van der Waals surface area contributed by atoms with E-state index in [1.54, 1.807) is 0 Å². The summed E-state index contributed by atoms with van der Waals surface area (Å²) < 4.78 is 39.6. The quantitative estimate of drug-likeness (QED) is 0.0197. The van der Waals surface area contributed by atoms with Gasteiger partial charge in [-0.15, -0.1) is 0 Å². The second kappa shape index (κ2) is 59.5. The van der Waals surface area contributed by atoms with Crippen molar-refractivity contribution in [3.63, 3.8) is 0 Å². The summed E-state index contributed by atoms with van der Waals surface area (Å²) >= 11 is 0. The first kappa shape index (κ1) is 74.4. The van der Waals surface area contributed by atoms with Crippen LogP contribution >= 0.6 is 7.82 Å². The number of hydrogen-bond acceptors (Lipinski definition) is 10. The van der Waals surface area contributed by atoms with Crippen molar-refractivity contribution < 1.29 is 52.2 Å². The number of aliphatic hydroxyl groups excluding tert-OH is 1. The molecule has 0 aromatic rings. The topological polar surface area (TPSA) is 155 Å². The predicted molar refractivity (Wildman–Crippen MR) is 325 cm³/mol. The van der Waals surface area contributed by atoms with E-state index in [-0.39, 0.29) is 25.9 Å². The van der Waals surface area contributed by atoms with Gasteiger partial charge < -0.3 is 24.2 Å². The molecule has 3 unspecified atom stereocenters. The zero-order valence-electron chi connectivity index (χ0n) is 49.6. The Bertz CT molecular complexity index is 1680. The average molecular weight is 1110 g/mol. The van der Waals surface area contributed by atoms with E-state index in [0.717, 1.165) is 122 Å². The molecule has 0 rings (SSSR count). The third-order valence-corrected chi connectivity index (χ3v) is 13.9. The Morgan fingerprint density at radius 3 is 1.04 bits per heavy atom. The lowest BCUT2D eigenvalue weighted by molar-refractivity contribution is -0.161. The summed E-state index contributed by atoms with van der Waals surface area (Å²) in [4.78, 5) is 48.7. The van der Waals surface area contributed by atoms with Crippen LogP contribution in [0.15, 0.2) is 97.2 Å². The Balaban J connectivity index is 4.71. The fourth-order valence-corrected chi connectivity index (χ4v) is 9.01. The lowest BCUT2D eigenvalue weighted by Crippen LogP contribution is -2.30. The van der Waals surface area contributed by atoms with Gasteiger partial charge in [0, 0.05) is 19.3 Å². The van der Waals surface area contributed by atoms with Gasteiger partial charge in [-0.3, -0.25) is 23.4 Å². The summed E-state index contributed by atoms with van der Waals surface area (Å²) in [7, 11) is -4.77. The van der Waals surface area contributed by atoms with Crippen LogP contribution in [0.1, 0.15) is 265 Å². The molecular formula is C66H113O11P. The second-order valence-electron chi connectivity index (χ2n) is 20.5. The highest BCUT2D eigenvalue weighted by Gasteiger charge is 2.28. The Kier molecular flexibility index (Phi) is 56.8. The number of ether oxygens (including phenoxy) is 3. The van der Waals surface area contributed by atoms with Crippen molar-refractivity contribution in [3.05, 3.63) is 97.2 Å². The maximum absolute atomic E-state index is 12.9. The minimum atomic E-state index is -4.77. The minimum absolute atomic E-state index is 0.143. The number of carbonyl (C=O) groups excluding carboxylic acids is 3. The molecule has 0 aliphatic heterocycles. The number of phosphoric ester groups is 1. The Hall–Kier alpha value is -3.60. The standard InChI is InChI=1S/C66H113O11P/c1-4-7-10-13-16-19-22-25-27-29-31-33-35-38-41-44-47-50-53-56-65(69)76-62(58-67)60-74-78(71,72)75-61-63(59-73-64(68)55-52-49-46-43-40-37-24-21-18-15-12-9-6-3)77-66(70)57-54-51-48-45-42-39-36-34-32-30-28-26-23-20-17-14-11-8-5-2/h9,12,16-21,25-28,32,34,37,40,62-63,67H,4-8,10-11,13-15,22-24,29-31,33,35-36,38-39,41-61H2,1-3H3,(H,71,72)/b12-9-,19-16-,20-17-,21-18-,27-25-,28-26-,34-32-,40-37-. The van der Waals surface area contributed by atoms with Gasteiger partial charge in [-0.25, -0.2) is 4.57 Å². The van der Waals surface area contributed by atoms with E-state index in [4.69, 9.17) is 23.3 Å². The summed E-state index contributed by atoms with van der Waals surface area (Å²) in [6.45, 7) is 4.44. The molecular weight excluding hydrogens is 1000 g/mol. The Labute approximate surface area is 476 Å². The molecule has 3 atom stereocenters. The van der Waals surface area contributed by atoms with Crippen molar-refractivity contribution in [1.82, 2.24) is 0 Å². The molecule has 2 N–H and O–H groups in total. The average Bonchev–Trinajstić information content (AvgIpc) is 3.43. The van der Waals surface area contributed by atoms with Gasteiger partial charge in [0.05, 0.1) is 19.8 Å². The van der Waals surface area contributed by atoms with E-state index in [2.05, 4.69) is 118 Å². The first-order valence-electron chi connectivity index (χ1n) is 31.1. The SMILES string of the molecule is CC/C=C\C/C=C\C/C=C\CCCCCC(=O)OCC(COP(=O)(O)OCC(CO)OC(=O)CCCCCCCCCCC/C=C\C/C=C\CCCCC)OC(=O)CCCCCCCC/C=C\C/C=C\C/C=C\CCCCC. The first-order valence-corrected chi connectivity index (χ1v) is 32.6. The molecule has 0 fully saturated rings. The normalized spacial score (nSPS) is 14.0. The van der Waals surface area contributed by atoms with E-state index in [9.17, 15) is 28.9 Å². The van der Waals surface area contributed by atoms with Crippen LogP contribution in [0.4, 0.5) is 0 Å². The van der Waals surface area contributed by atoms with Gasteiger partial charge in [-0.05, 0) is 122 Å². The number of rotatable bonds is 57. The van der Waals surface area contributed by atoms with Gasteiger partial charge in [0.15, 0.2) is 6.10 Å². The van der Waals surface area contributed by atoms with Crippen LogP contribution in [0.25, 0.3) is 0 Å². The molecule has 448 valence electrons. The van der Waals surface area contributed by atoms with E-state index < -0.39 is 57.8 Å². The number of carbonyl (C=O) groups is 3. The van der Waals surface area contributed by atoms with Gasteiger partial charge >= 0.3 is 25.7 Å². The van der Waals surface area contributed by atoms with Gasteiger partial charge in [-0.1, -0.05) is 221 Å². The predicted octanol–water partition coefficient (Wildman–Crippen LogP) is 18.8. The molecule has 0 spiro atoms. The van der Waals surface area contributed by atoms with Crippen LogP contribution in [0.3, 0.4) is 0 Å². The van der Waals surface area contributed by atoms with E-state index >= 15 is 0 Å². The van der Waals surface area contributed by atoms with Crippen molar-refractivity contribution in [3.8, 4) is 0 Å². The maximum Gasteiger partial charge on any atom is 0.472 e. The number of allylic oxidation sites excluding steroid dienone is 16. The van der Waals surface area contributed by atoms with Crippen LogP contribution < -0.4 is 0 Å². The lowest BCUT2D eigenvalue weighted by atomic mass is 10.1. The minimum Gasteiger partial charge on any atom is -0.462 e. The monoisotopic (exact) mass is 1110 g/mol. The lowest BCUT2D eigenvalue weighted by Gasteiger charge is -2.21. The molecule has 0 aliphatic rings. The first-order chi connectivity index (χ1) is 38.2. The zero-order valence-corrected chi connectivity index (χ0v) is 50.5. The summed E-state index contributed by atoms with van der Waals surface area (Å²) in [5.41, 5.74) is 0. The molecule has 0 saturated carbocycles. The molecule has 11 nitrogen and oxygen atoms in total. The molecule has 12 heteroatoms. The summed E-state index contributed by atoms with van der Waals surface area (Å²) in [6.07, 6.45) is 70.7. The molecule has 0 aliphatic carbocycles.